The molecule has 0 aliphatic heterocycles. The molecular formula is C29H46O3. The average Bonchev–Trinajstić information content (AvgIpc) is 2.82. The Bertz CT molecular complexity index is 600. The predicted octanol–water partition coefficient (Wildman–Crippen LogP) is 8.18. The van der Waals surface area contributed by atoms with Crippen LogP contribution in [-0.2, 0) is 14.3 Å². The average molecular weight is 443 g/mol. The molecule has 0 bridgehead atoms. The Balaban J connectivity index is 0.00000104. The molecule has 180 valence electrons. The number of rotatable bonds is 12. The highest BCUT2D eigenvalue weighted by atomic mass is 16.5. The Hall–Kier alpha value is -2.13. The van der Waals surface area contributed by atoms with Crippen molar-refractivity contribution in [2.24, 2.45) is 0 Å². The molecule has 2 aromatic rings. The van der Waals surface area contributed by atoms with Crippen molar-refractivity contribution >= 4 is 5.97 Å². The van der Waals surface area contributed by atoms with Crippen LogP contribution in [0.5, 0.6) is 0 Å². The summed E-state index contributed by atoms with van der Waals surface area (Å²) in [7, 11) is 4.60. The van der Waals surface area contributed by atoms with Gasteiger partial charge in [0.1, 0.15) is 0 Å². The Morgan fingerprint density at radius 3 is 1.38 bits per heavy atom. The van der Waals surface area contributed by atoms with Gasteiger partial charge in [0.25, 0.3) is 0 Å². The van der Waals surface area contributed by atoms with E-state index in [1.165, 1.54) is 89.4 Å². The molecule has 0 saturated carbocycles. The van der Waals surface area contributed by atoms with Crippen LogP contribution in [-0.4, -0.2) is 27.3 Å². The lowest BCUT2D eigenvalue weighted by Gasteiger charge is -2.18. The smallest absolute Gasteiger partial charge is 0.302 e. The number of hydrogen-bond acceptors (Lipinski definition) is 3. The molecule has 0 aliphatic carbocycles. The van der Waals surface area contributed by atoms with Gasteiger partial charge >= 0.3 is 5.97 Å². The number of hydrogen-bond donors (Lipinski definition) is 0. The van der Waals surface area contributed by atoms with Gasteiger partial charge in [0, 0.05) is 27.1 Å². The molecule has 3 nitrogen and oxygen atoms in total. The second kappa shape index (κ2) is 22.1. The highest BCUT2D eigenvalue weighted by Gasteiger charge is 2.13. The number of unbranched alkanes of at least 4 members (excludes halogenated alkanes) is 8. The molecule has 0 amide bonds. The first-order valence-corrected chi connectivity index (χ1v) is 12.1. The number of carbonyl (C=O) groups excluding carboxylic acids is 1. The van der Waals surface area contributed by atoms with Crippen LogP contribution in [0.25, 0.3) is 0 Å². The van der Waals surface area contributed by atoms with Crippen molar-refractivity contribution in [3.8, 4) is 0 Å². The van der Waals surface area contributed by atoms with Crippen molar-refractivity contribution in [3.63, 3.8) is 0 Å². The summed E-state index contributed by atoms with van der Waals surface area (Å²) in [5.41, 5.74) is 2.92. The minimum absolute atomic E-state index is 0.245. The molecule has 3 heteroatoms. The molecule has 0 aliphatic rings. The number of methoxy groups -OCH3 is 2. The fourth-order valence-corrected chi connectivity index (χ4v) is 3.56. The highest BCUT2D eigenvalue weighted by molar-refractivity contribution is 5.65. The lowest BCUT2D eigenvalue weighted by Crippen LogP contribution is -2.01. The summed E-state index contributed by atoms with van der Waals surface area (Å²) in [4.78, 5) is 9.59. The van der Waals surface area contributed by atoms with Crippen molar-refractivity contribution in [3.05, 3.63) is 71.8 Å². The van der Waals surface area contributed by atoms with Crippen LogP contribution in [0.15, 0.2) is 60.7 Å². The largest absolute Gasteiger partial charge is 0.469 e. The lowest BCUT2D eigenvalue weighted by atomic mass is 9.87. The second-order valence-electron chi connectivity index (χ2n) is 8.10. The minimum atomic E-state index is -0.245. The van der Waals surface area contributed by atoms with E-state index in [9.17, 15) is 4.79 Å². The summed E-state index contributed by atoms with van der Waals surface area (Å²) >= 11 is 0. The number of ether oxygens (including phenoxy) is 2. The third-order valence-electron chi connectivity index (χ3n) is 5.29. The zero-order chi connectivity index (χ0) is 23.9. The molecular weight excluding hydrogens is 396 g/mol. The number of benzene rings is 2. The van der Waals surface area contributed by atoms with Crippen LogP contribution < -0.4 is 0 Å². The van der Waals surface area contributed by atoms with E-state index in [-0.39, 0.29) is 5.97 Å². The molecule has 32 heavy (non-hydrogen) atoms. The van der Waals surface area contributed by atoms with Gasteiger partial charge in [-0.15, -0.1) is 0 Å². The van der Waals surface area contributed by atoms with Crippen LogP contribution in [0.2, 0.25) is 0 Å². The van der Waals surface area contributed by atoms with Crippen LogP contribution in [0.3, 0.4) is 0 Å². The van der Waals surface area contributed by atoms with Gasteiger partial charge in [-0.05, 0) is 17.5 Å². The van der Waals surface area contributed by atoms with E-state index in [0.717, 1.165) is 0 Å². The van der Waals surface area contributed by atoms with Gasteiger partial charge in [-0.2, -0.15) is 0 Å². The van der Waals surface area contributed by atoms with Crippen molar-refractivity contribution in [2.75, 3.05) is 21.3 Å². The van der Waals surface area contributed by atoms with E-state index >= 15 is 0 Å². The van der Waals surface area contributed by atoms with Crippen molar-refractivity contribution in [1.29, 1.82) is 0 Å². The van der Waals surface area contributed by atoms with E-state index in [0.29, 0.717) is 5.92 Å². The monoisotopic (exact) mass is 442 g/mol. The third-order valence-corrected chi connectivity index (χ3v) is 5.29. The Labute approximate surface area is 197 Å². The lowest BCUT2D eigenvalue weighted by molar-refractivity contribution is -0.137. The first-order chi connectivity index (χ1) is 15.6. The molecule has 0 radical (unpaired) electrons. The fourth-order valence-electron chi connectivity index (χ4n) is 3.56. The van der Waals surface area contributed by atoms with Gasteiger partial charge in [-0.25, -0.2) is 0 Å². The van der Waals surface area contributed by atoms with Crippen LogP contribution in [0.1, 0.15) is 95.1 Å². The molecule has 0 saturated heterocycles. The molecule has 0 unspecified atom stereocenters. The van der Waals surface area contributed by atoms with Gasteiger partial charge in [0.05, 0.1) is 7.11 Å². The SMILES string of the molecule is CCCCCCCCCCCC(c1ccccc1)c1ccccc1.COC.COC(C)=O. The topological polar surface area (TPSA) is 35.5 Å². The minimum Gasteiger partial charge on any atom is -0.469 e. The Morgan fingerprint density at radius 1 is 0.688 bits per heavy atom. The first-order valence-electron chi connectivity index (χ1n) is 12.1. The van der Waals surface area contributed by atoms with Crippen LogP contribution in [0, 0.1) is 0 Å². The normalized spacial score (nSPS) is 9.94. The molecule has 0 atom stereocenters. The summed E-state index contributed by atoms with van der Waals surface area (Å²) in [6, 6.07) is 22.0. The van der Waals surface area contributed by atoms with E-state index in [4.69, 9.17) is 0 Å². The van der Waals surface area contributed by atoms with Gasteiger partial charge in [-0.3, -0.25) is 4.79 Å². The van der Waals surface area contributed by atoms with Gasteiger partial charge < -0.3 is 9.47 Å². The van der Waals surface area contributed by atoms with Crippen LogP contribution in [0.4, 0.5) is 0 Å². The summed E-state index contributed by atoms with van der Waals surface area (Å²) in [6.07, 6.45) is 13.9. The van der Waals surface area contributed by atoms with Gasteiger partial charge in [0.2, 0.25) is 0 Å². The zero-order valence-electron chi connectivity index (χ0n) is 21.1. The number of esters is 1. The summed E-state index contributed by atoms with van der Waals surface area (Å²) in [5, 5.41) is 0. The van der Waals surface area contributed by atoms with E-state index in [1.54, 1.807) is 14.2 Å². The van der Waals surface area contributed by atoms with E-state index < -0.39 is 0 Å². The summed E-state index contributed by atoms with van der Waals surface area (Å²) in [6.45, 7) is 3.65. The summed E-state index contributed by atoms with van der Waals surface area (Å²) < 4.78 is 8.36. The standard InChI is InChI=1S/C24H34.C3H6O2.C2H6O/c1-2-3-4-5-6-7-8-9-16-21-24(22-17-12-10-13-18-22)23-19-14-11-15-20-23;1-3(4)5-2;1-3-2/h10-15,17-20,24H,2-9,16,21H2,1H3;1-2H3;1-2H3. The molecule has 0 spiro atoms. The third kappa shape index (κ3) is 16.5. The zero-order valence-corrected chi connectivity index (χ0v) is 21.1. The predicted molar refractivity (Wildman–Crippen MR) is 137 cm³/mol. The second-order valence-corrected chi connectivity index (χ2v) is 8.10. The molecule has 2 aromatic carbocycles. The molecule has 0 N–H and O–H groups in total. The quantitative estimate of drug-likeness (QED) is 0.245. The molecule has 0 aromatic heterocycles. The van der Waals surface area contributed by atoms with Crippen molar-refractivity contribution < 1.29 is 14.3 Å². The highest BCUT2D eigenvalue weighted by Crippen LogP contribution is 2.30. The van der Waals surface area contributed by atoms with Crippen molar-refractivity contribution in [2.45, 2.75) is 84.0 Å². The maximum atomic E-state index is 9.59. The Kier molecular flexibility index (Phi) is 20.6. The molecule has 2 rings (SSSR count). The van der Waals surface area contributed by atoms with Gasteiger partial charge in [-0.1, -0.05) is 125 Å². The van der Waals surface area contributed by atoms with E-state index in [1.807, 2.05) is 0 Å². The molecule has 0 heterocycles. The van der Waals surface area contributed by atoms with Gasteiger partial charge in [0.15, 0.2) is 0 Å². The van der Waals surface area contributed by atoms with Crippen LogP contribution >= 0.6 is 0 Å². The maximum absolute atomic E-state index is 9.59. The Morgan fingerprint density at radius 2 is 1.03 bits per heavy atom. The first kappa shape index (κ1) is 29.9. The maximum Gasteiger partial charge on any atom is 0.302 e. The summed E-state index contributed by atoms with van der Waals surface area (Å²) in [5.74, 6) is 0.307. The van der Waals surface area contributed by atoms with Crippen molar-refractivity contribution in [1.82, 2.24) is 0 Å². The van der Waals surface area contributed by atoms with E-state index in [2.05, 4.69) is 77.1 Å². The molecule has 0 fully saturated rings. The fraction of sp³-hybridized carbons (Fsp3) is 0.552. The number of carbonyl (C=O) groups is 1.